The summed E-state index contributed by atoms with van der Waals surface area (Å²) in [6.07, 6.45) is 0. The lowest BCUT2D eigenvalue weighted by molar-refractivity contribution is 1.12. The lowest BCUT2D eigenvalue weighted by Gasteiger charge is -2.16. The van der Waals surface area contributed by atoms with Gasteiger partial charge in [0.2, 0.25) is 0 Å². The molecule has 0 radical (unpaired) electrons. The minimum Gasteiger partial charge on any atom is -0.381 e. The molecule has 3 aromatic rings. The Morgan fingerprint density at radius 1 is 1.10 bits per heavy atom. The molecule has 0 bridgehead atoms. The van der Waals surface area contributed by atoms with E-state index in [4.69, 9.17) is 0 Å². The maximum atomic E-state index is 3.56. The molecule has 0 amide bonds. The van der Waals surface area contributed by atoms with Gasteiger partial charge in [-0.05, 0) is 53.1 Å². The van der Waals surface area contributed by atoms with E-state index < -0.39 is 0 Å². The van der Waals surface area contributed by atoms with Crippen molar-refractivity contribution in [2.24, 2.45) is 0 Å². The van der Waals surface area contributed by atoms with E-state index in [0.29, 0.717) is 0 Å². The molecular weight excluding hydrogens is 276 g/mol. The van der Waals surface area contributed by atoms with Gasteiger partial charge in [0.25, 0.3) is 0 Å². The number of fused-ring (bicyclic) bond motifs is 1. The molecule has 0 saturated heterocycles. The standard InChI is InChI=1S/C18H20N2S/c1-13-10-15(20(2)3)8-9-17(13)19-11-14-12-21-18-7-5-4-6-16(14)18/h4-10,12,19H,11H2,1-3H3. The van der Waals surface area contributed by atoms with Gasteiger partial charge in [0.15, 0.2) is 0 Å². The summed E-state index contributed by atoms with van der Waals surface area (Å²) >= 11 is 1.81. The molecule has 2 aromatic carbocycles. The zero-order valence-electron chi connectivity index (χ0n) is 12.7. The van der Waals surface area contributed by atoms with Crippen LogP contribution >= 0.6 is 11.3 Å². The lowest BCUT2D eigenvalue weighted by Crippen LogP contribution is -2.09. The number of nitrogens with zero attached hydrogens (tertiary/aromatic N) is 1. The van der Waals surface area contributed by atoms with Crippen molar-refractivity contribution >= 4 is 32.8 Å². The molecule has 1 aromatic heterocycles. The largest absolute Gasteiger partial charge is 0.381 e. The van der Waals surface area contributed by atoms with Crippen LogP contribution in [0.25, 0.3) is 10.1 Å². The van der Waals surface area contributed by atoms with E-state index in [1.165, 1.54) is 32.6 Å². The molecule has 0 atom stereocenters. The molecule has 3 heteroatoms. The monoisotopic (exact) mass is 296 g/mol. The van der Waals surface area contributed by atoms with Gasteiger partial charge in [0.05, 0.1) is 0 Å². The first-order valence-electron chi connectivity index (χ1n) is 7.12. The van der Waals surface area contributed by atoms with Gasteiger partial charge >= 0.3 is 0 Å². The van der Waals surface area contributed by atoms with Crippen LogP contribution in [0.2, 0.25) is 0 Å². The molecule has 0 aliphatic heterocycles. The molecule has 1 heterocycles. The van der Waals surface area contributed by atoms with Crippen molar-refractivity contribution in [1.29, 1.82) is 0 Å². The number of hydrogen-bond acceptors (Lipinski definition) is 3. The van der Waals surface area contributed by atoms with E-state index in [-0.39, 0.29) is 0 Å². The van der Waals surface area contributed by atoms with Crippen LogP contribution in [0, 0.1) is 6.92 Å². The zero-order valence-corrected chi connectivity index (χ0v) is 13.5. The highest BCUT2D eigenvalue weighted by molar-refractivity contribution is 7.17. The van der Waals surface area contributed by atoms with Crippen LogP contribution in [0.1, 0.15) is 11.1 Å². The Balaban J connectivity index is 1.79. The lowest BCUT2D eigenvalue weighted by atomic mass is 10.1. The van der Waals surface area contributed by atoms with Gasteiger partial charge in [-0.2, -0.15) is 0 Å². The summed E-state index contributed by atoms with van der Waals surface area (Å²) in [5.74, 6) is 0. The topological polar surface area (TPSA) is 15.3 Å². The Morgan fingerprint density at radius 2 is 1.90 bits per heavy atom. The molecule has 0 aliphatic rings. The minimum atomic E-state index is 0.867. The van der Waals surface area contributed by atoms with E-state index in [1.807, 2.05) is 11.3 Å². The second-order valence-corrected chi connectivity index (χ2v) is 6.42. The summed E-state index contributed by atoms with van der Waals surface area (Å²) < 4.78 is 1.36. The summed E-state index contributed by atoms with van der Waals surface area (Å²) in [7, 11) is 4.14. The highest BCUT2D eigenvalue weighted by atomic mass is 32.1. The van der Waals surface area contributed by atoms with Crippen molar-refractivity contribution in [3.05, 3.63) is 59.0 Å². The fraction of sp³-hybridized carbons (Fsp3) is 0.222. The van der Waals surface area contributed by atoms with Gasteiger partial charge in [0, 0.05) is 36.7 Å². The van der Waals surface area contributed by atoms with Crippen LogP contribution in [-0.4, -0.2) is 14.1 Å². The molecule has 0 saturated carbocycles. The first-order valence-corrected chi connectivity index (χ1v) is 8.00. The van der Waals surface area contributed by atoms with Crippen molar-refractivity contribution in [1.82, 2.24) is 0 Å². The second kappa shape index (κ2) is 5.78. The molecule has 3 rings (SSSR count). The number of aryl methyl sites for hydroxylation is 1. The Morgan fingerprint density at radius 3 is 2.67 bits per heavy atom. The Hall–Kier alpha value is -2.00. The predicted octanol–water partition coefficient (Wildman–Crippen LogP) is 4.89. The average molecular weight is 296 g/mol. The third kappa shape index (κ3) is 2.88. The van der Waals surface area contributed by atoms with Crippen molar-refractivity contribution in [2.75, 3.05) is 24.3 Å². The van der Waals surface area contributed by atoms with E-state index >= 15 is 0 Å². The van der Waals surface area contributed by atoms with Crippen LogP contribution in [0.4, 0.5) is 11.4 Å². The van der Waals surface area contributed by atoms with Gasteiger partial charge in [-0.25, -0.2) is 0 Å². The molecule has 2 nitrogen and oxygen atoms in total. The normalized spacial score (nSPS) is 10.8. The SMILES string of the molecule is Cc1cc(N(C)C)ccc1NCc1csc2ccccc12. The van der Waals surface area contributed by atoms with E-state index in [1.54, 1.807) is 0 Å². The summed E-state index contributed by atoms with van der Waals surface area (Å²) in [4.78, 5) is 2.13. The highest BCUT2D eigenvalue weighted by Crippen LogP contribution is 2.27. The van der Waals surface area contributed by atoms with Crippen LogP contribution in [0.15, 0.2) is 47.8 Å². The molecule has 0 spiro atoms. The number of rotatable bonds is 4. The van der Waals surface area contributed by atoms with Crippen LogP contribution in [0.5, 0.6) is 0 Å². The maximum Gasteiger partial charge on any atom is 0.0415 e. The van der Waals surface area contributed by atoms with Crippen LogP contribution in [0.3, 0.4) is 0 Å². The quantitative estimate of drug-likeness (QED) is 0.737. The third-order valence-electron chi connectivity index (χ3n) is 3.76. The zero-order chi connectivity index (χ0) is 14.8. The third-order valence-corrected chi connectivity index (χ3v) is 4.77. The van der Waals surface area contributed by atoms with Gasteiger partial charge in [-0.3, -0.25) is 0 Å². The summed E-state index contributed by atoms with van der Waals surface area (Å²) in [6, 6.07) is 15.1. The summed E-state index contributed by atoms with van der Waals surface area (Å²) in [6.45, 7) is 3.02. The number of thiophene rings is 1. The highest BCUT2D eigenvalue weighted by Gasteiger charge is 2.05. The second-order valence-electron chi connectivity index (χ2n) is 5.50. The average Bonchev–Trinajstić information content (AvgIpc) is 2.89. The van der Waals surface area contributed by atoms with Gasteiger partial charge in [-0.15, -0.1) is 11.3 Å². The predicted molar refractivity (Wildman–Crippen MR) is 94.7 cm³/mol. The van der Waals surface area contributed by atoms with Crippen LogP contribution < -0.4 is 10.2 Å². The summed E-state index contributed by atoms with van der Waals surface area (Å²) in [5.41, 5.74) is 5.09. The summed E-state index contributed by atoms with van der Waals surface area (Å²) in [5, 5.41) is 7.17. The Bertz CT molecular complexity index is 759. The smallest absolute Gasteiger partial charge is 0.0415 e. The molecular formula is C18H20N2S. The molecule has 0 unspecified atom stereocenters. The number of benzene rings is 2. The molecule has 0 aliphatic carbocycles. The van der Waals surface area contributed by atoms with E-state index in [0.717, 1.165) is 6.54 Å². The fourth-order valence-corrected chi connectivity index (χ4v) is 3.45. The van der Waals surface area contributed by atoms with Crippen molar-refractivity contribution in [2.45, 2.75) is 13.5 Å². The first-order chi connectivity index (χ1) is 10.1. The van der Waals surface area contributed by atoms with Crippen molar-refractivity contribution in [3.8, 4) is 0 Å². The van der Waals surface area contributed by atoms with Crippen molar-refractivity contribution in [3.63, 3.8) is 0 Å². The molecule has 0 fully saturated rings. The number of hydrogen-bond donors (Lipinski definition) is 1. The molecule has 108 valence electrons. The molecule has 21 heavy (non-hydrogen) atoms. The van der Waals surface area contributed by atoms with E-state index in [2.05, 4.69) is 79.1 Å². The number of nitrogens with one attached hydrogen (secondary N) is 1. The fourth-order valence-electron chi connectivity index (χ4n) is 2.48. The minimum absolute atomic E-state index is 0.867. The van der Waals surface area contributed by atoms with Crippen LogP contribution in [-0.2, 0) is 6.54 Å². The van der Waals surface area contributed by atoms with Crippen molar-refractivity contribution < 1.29 is 0 Å². The van der Waals surface area contributed by atoms with Gasteiger partial charge in [0.1, 0.15) is 0 Å². The van der Waals surface area contributed by atoms with Gasteiger partial charge < -0.3 is 10.2 Å². The molecule has 1 N–H and O–H groups in total. The van der Waals surface area contributed by atoms with Gasteiger partial charge in [-0.1, -0.05) is 18.2 Å². The Kier molecular flexibility index (Phi) is 3.84. The maximum absolute atomic E-state index is 3.56. The number of anilines is 2. The first kappa shape index (κ1) is 14.0. The Labute approximate surface area is 130 Å². The van der Waals surface area contributed by atoms with E-state index in [9.17, 15) is 0 Å².